The number of hydrogen-bond donors (Lipinski definition) is 0. The van der Waals surface area contributed by atoms with E-state index in [1.807, 2.05) is 0 Å². The van der Waals surface area contributed by atoms with Crippen LogP contribution in [0, 0.1) is 5.92 Å². The van der Waals surface area contributed by atoms with Gasteiger partial charge in [0.05, 0.1) is 32.3 Å². The molecule has 0 aromatic carbocycles. The second kappa shape index (κ2) is 72.8. The van der Waals surface area contributed by atoms with Crippen LogP contribution in [0.3, 0.4) is 0 Å². The molecule has 0 aromatic rings. The summed E-state index contributed by atoms with van der Waals surface area (Å²) < 4.78 is 17.9. The van der Waals surface area contributed by atoms with Gasteiger partial charge in [0.15, 0.2) is 0 Å². The first-order valence-electron chi connectivity index (χ1n) is 38.3. The zero-order chi connectivity index (χ0) is 61.5. The summed E-state index contributed by atoms with van der Waals surface area (Å²) in [5, 5.41) is 0. The van der Waals surface area contributed by atoms with Crippen molar-refractivity contribution in [1.82, 2.24) is 9.80 Å². The number of allylic oxidation sites excluding steroid dienone is 6. The van der Waals surface area contributed by atoms with Crippen LogP contribution in [0.15, 0.2) is 36.5 Å². The van der Waals surface area contributed by atoms with Gasteiger partial charge in [0.25, 0.3) is 0 Å². The molecule has 0 aliphatic rings. The highest BCUT2D eigenvalue weighted by Gasteiger charge is 2.19. The van der Waals surface area contributed by atoms with Crippen molar-refractivity contribution in [1.29, 1.82) is 0 Å². The molecule has 0 radical (unpaired) electrons. The highest BCUT2D eigenvalue weighted by molar-refractivity contribution is 5.72. The number of rotatable bonds is 72. The molecule has 0 N–H and O–H groups in total. The van der Waals surface area contributed by atoms with Crippen molar-refractivity contribution in [3.8, 4) is 0 Å². The van der Waals surface area contributed by atoms with Gasteiger partial charge in [-0.3, -0.25) is 14.5 Å². The lowest BCUT2D eigenvalue weighted by Gasteiger charge is -2.23. The molecule has 7 heteroatoms. The molecular formula is C78H150N2O5. The van der Waals surface area contributed by atoms with Crippen molar-refractivity contribution < 1.29 is 23.8 Å². The summed E-state index contributed by atoms with van der Waals surface area (Å²) in [5.74, 6) is 0.0678. The second-order valence-electron chi connectivity index (χ2n) is 26.0. The Hall–Kier alpha value is -1.96. The number of unbranched alkanes of at least 4 members (excludes halogenated alkanes) is 43. The maximum atomic E-state index is 13.2. The number of hydrogen-bond acceptors (Lipinski definition) is 7. The van der Waals surface area contributed by atoms with Crippen LogP contribution in [0.4, 0.5) is 0 Å². The average molecular weight is 1200 g/mol. The fourth-order valence-corrected chi connectivity index (χ4v) is 11.9. The summed E-state index contributed by atoms with van der Waals surface area (Å²) in [4.78, 5) is 31.4. The molecule has 0 saturated carbocycles. The van der Waals surface area contributed by atoms with Gasteiger partial charge in [-0.15, -0.1) is 0 Å². The summed E-state index contributed by atoms with van der Waals surface area (Å²) >= 11 is 0. The predicted octanol–water partition coefficient (Wildman–Crippen LogP) is 24.1. The maximum absolute atomic E-state index is 13.2. The molecule has 502 valence electrons. The normalized spacial score (nSPS) is 12.4. The topological polar surface area (TPSA) is 68.3 Å². The third-order valence-corrected chi connectivity index (χ3v) is 17.6. The number of carbonyl (C=O) groups excluding carboxylic acids is 2. The molecule has 0 aliphatic heterocycles. The zero-order valence-corrected chi connectivity index (χ0v) is 58.2. The van der Waals surface area contributed by atoms with E-state index in [4.69, 9.17) is 14.2 Å². The third-order valence-electron chi connectivity index (χ3n) is 17.6. The Morgan fingerprint density at radius 2 is 0.612 bits per heavy atom. The quantitative estimate of drug-likeness (QED) is 0.0341. The van der Waals surface area contributed by atoms with Crippen LogP contribution in [0.2, 0.25) is 0 Å². The number of nitrogens with zero attached hydrogens (tertiary/aromatic N) is 2. The van der Waals surface area contributed by atoms with Crippen molar-refractivity contribution in [2.24, 2.45) is 5.92 Å². The molecule has 0 rings (SSSR count). The van der Waals surface area contributed by atoms with E-state index in [2.05, 4.69) is 80.9 Å². The Morgan fingerprint density at radius 1 is 0.294 bits per heavy atom. The molecule has 0 saturated heterocycles. The minimum Gasteiger partial charge on any atom is -0.465 e. The van der Waals surface area contributed by atoms with E-state index in [1.165, 1.54) is 295 Å². The first-order chi connectivity index (χ1) is 42.0. The van der Waals surface area contributed by atoms with Gasteiger partial charge in [0.1, 0.15) is 6.61 Å². The van der Waals surface area contributed by atoms with E-state index in [0.717, 1.165) is 84.1 Å². The van der Waals surface area contributed by atoms with Gasteiger partial charge in [-0.05, 0) is 129 Å². The Morgan fingerprint density at radius 3 is 1.04 bits per heavy atom. The molecule has 0 fully saturated rings. The van der Waals surface area contributed by atoms with Crippen LogP contribution in [-0.2, 0) is 23.8 Å². The first kappa shape index (κ1) is 83.0. The lowest BCUT2D eigenvalue weighted by atomic mass is 9.94. The Bertz CT molecular complexity index is 1400. The maximum Gasteiger partial charge on any atom is 0.320 e. The van der Waals surface area contributed by atoms with Gasteiger partial charge in [0, 0.05) is 6.54 Å². The van der Waals surface area contributed by atoms with E-state index in [1.54, 1.807) is 0 Å². The predicted molar refractivity (Wildman–Crippen MR) is 374 cm³/mol. The fraction of sp³-hybridized carbons (Fsp3) is 0.897. The minimum atomic E-state index is -0.0964. The summed E-state index contributed by atoms with van der Waals surface area (Å²) in [6.07, 6.45) is 82.8. The van der Waals surface area contributed by atoms with Gasteiger partial charge in [-0.1, -0.05) is 315 Å². The lowest BCUT2D eigenvalue weighted by Crippen LogP contribution is -2.33. The first-order valence-corrected chi connectivity index (χ1v) is 38.3. The molecule has 0 aromatic heterocycles. The van der Waals surface area contributed by atoms with Crippen molar-refractivity contribution in [2.45, 2.75) is 381 Å². The highest BCUT2D eigenvalue weighted by Crippen LogP contribution is 2.22. The van der Waals surface area contributed by atoms with Crippen molar-refractivity contribution in [3.05, 3.63) is 36.5 Å². The van der Waals surface area contributed by atoms with E-state index in [-0.39, 0.29) is 17.9 Å². The number of esters is 2. The molecule has 85 heavy (non-hydrogen) atoms. The molecule has 1 atom stereocenters. The molecule has 0 spiro atoms. The van der Waals surface area contributed by atoms with Crippen LogP contribution in [0.5, 0.6) is 0 Å². The largest absolute Gasteiger partial charge is 0.465 e. The molecule has 7 nitrogen and oxygen atoms in total. The molecular weight excluding hydrogens is 1040 g/mol. The van der Waals surface area contributed by atoms with E-state index >= 15 is 0 Å². The molecule has 0 bridgehead atoms. The number of ether oxygens (including phenoxy) is 3. The van der Waals surface area contributed by atoms with Crippen molar-refractivity contribution in [3.63, 3.8) is 0 Å². The van der Waals surface area contributed by atoms with E-state index in [0.29, 0.717) is 33.0 Å². The van der Waals surface area contributed by atoms with Crippen LogP contribution < -0.4 is 0 Å². The smallest absolute Gasteiger partial charge is 0.320 e. The van der Waals surface area contributed by atoms with Crippen LogP contribution in [0.25, 0.3) is 0 Å². The van der Waals surface area contributed by atoms with Gasteiger partial charge < -0.3 is 19.1 Å². The minimum absolute atomic E-state index is 0.0705. The molecule has 0 aliphatic carbocycles. The zero-order valence-electron chi connectivity index (χ0n) is 58.2. The number of carbonyl (C=O) groups is 2. The summed E-state index contributed by atoms with van der Waals surface area (Å²) in [6.45, 7) is 19.0. The monoisotopic (exact) mass is 1200 g/mol. The van der Waals surface area contributed by atoms with Gasteiger partial charge in [0.2, 0.25) is 0 Å². The van der Waals surface area contributed by atoms with Crippen molar-refractivity contribution >= 4 is 11.9 Å². The molecule has 1 unspecified atom stereocenters. The lowest BCUT2D eigenvalue weighted by molar-refractivity contribution is -0.149. The highest BCUT2D eigenvalue weighted by atomic mass is 16.6. The Balaban J connectivity index is 4.92. The van der Waals surface area contributed by atoms with Gasteiger partial charge in [-0.2, -0.15) is 0 Å². The van der Waals surface area contributed by atoms with Crippen LogP contribution in [0.1, 0.15) is 381 Å². The Labute approximate surface area is 532 Å². The summed E-state index contributed by atoms with van der Waals surface area (Å²) in [5.41, 5.74) is 0. The third kappa shape index (κ3) is 66.3. The summed E-state index contributed by atoms with van der Waals surface area (Å²) in [6, 6.07) is 0. The standard InChI is InChI=1S/C78H150N2O5/c1-6-11-16-21-25-28-31-33-35-37-39-41-44-46-52-59-66-79(67-60-53-49-50-56-63-71-85-78(82)76(64-57-20-15-10-5)65-58-51-24-19-14-9-4)70-72-83-73-74-84-77(81)75-80(68-61-54-47-43-30-27-23-18-13-8-3)69-62-55-48-45-42-40-38-36-34-32-29-26-22-17-12-7-2/h25,28,33-36,76H,6-24,26-27,29-32,37-75H2,1-5H3/b28-25-,35-33-,36-34-. The van der Waals surface area contributed by atoms with E-state index in [9.17, 15) is 9.59 Å². The fourth-order valence-electron chi connectivity index (χ4n) is 11.9. The second-order valence-corrected chi connectivity index (χ2v) is 26.0. The van der Waals surface area contributed by atoms with Gasteiger partial charge >= 0.3 is 11.9 Å². The van der Waals surface area contributed by atoms with Crippen LogP contribution >= 0.6 is 0 Å². The van der Waals surface area contributed by atoms with E-state index < -0.39 is 0 Å². The molecule has 0 heterocycles. The SMILES string of the molecule is CCCCC/C=C\C/C=C\CCCCCCCCN(CCCCCCCCOC(=O)C(CCCCCC)CCCCCCCC)CCOCCOC(=O)CN(CCCCCCCC/C=C\CCCCCCCC)CCCCCCCCCCCC. The Kier molecular flexibility index (Phi) is 71.1. The average Bonchev–Trinajstić information content (AvgIpc) is 3.50. The van der Waals surface area contributed by atoms with Crippen LogP contribution in [-0.4, -0.2) is 87.4 Å². The molecule has 0 amide bonds. The summed E-state index contributed by atoms with van der Waals surface area (Å²) in [7, 11) is 0. The van der Waals surface area contributed by atoms with Gasteiger partial charge in [-0.25, -0.2) is 0 Å². The van der Waals surface area contributed by atoms with Crippen molar-refractivity contribution in [2.75, 3.05) is 65.7 Å².